The van der Waals surface area contributed by atoms with Gasteiger partial charge in [0.05, 0.1) is 21.9 Å². The maximum Gasteiger partial charge on any atom is 0.328 e. The Labute approximate surface area is 148 Å². The number of halogens is 1. The molecule has 24 heavy (non-hydrogen) atoms. The Morgan fingerprint density at radius 3 is 2.71 bits per heavy atom. The molecule has 0 fully saturated rings. The number of amides is 1. The molecule has 1 unspecified atom stereocenters. The number of carbonyl (C=O) groups is 2. The highest BCUT2D eigenvalue weighted by molar-refractivity contribution is 9.10. The number of rotatable bonds is 7. The van der Waals surface area contributed by atoms with E-state index >= 15 is 0 Å². The van der Waals surface area contributed by atoms with Crippen molar-refractivity contribution in [1.82, 2.24) is 24.9 Å². The number of aryl methyl sites for hydroxylation is 2. The predicted octanol–water partition coefficient (Wildman–Crippen LogP) is 1.92. The van der Waals surface area contributed by atoms with Crippen LogP contribution in [0.5, 0.6) is 0 Å². The smallest absolute Gasteiger partial charge is 0.328 e. The minimum Gasteiger partial charge on any atom is -0.480 e. The maximum absolute atomic E-state index is 12.0. The Morgan fingerprint density at radius 2 is 2.12 bits per heavy atom. The molecule has 1 atom stereocenters. The van der Waals surface area contributed by atoms with E-state index in [1.54, 1.807) is 0 Å². The number of nitrogens with one attached hydrogen (secondary N) is 1. The summed E-state index contributed by atoms with van der Waals surface area (Å²) in [7, 11) is 0. The third kappa shape index (κ3) is 4.02. The monoisotopic (exact) mass is 397 g/mol. The maximum atomic E-state index is 12.0. The molecule has 0 aliphatic rings. The molecule has 0 radical (unpaired) electrons. The van der Waals surface area contributed by atoms with Crippen LogP contribution in [0.1, 0.15) is 41.1 Å². The fourth-order valence-electron chi connectivity index (χ4n) is 2.21. The van der Waals surface area contributed by atoms with Crippen molar-refractivity contribution in [3.05, 3.63) is 33.8 Å². The Morgan fingerprint density at radius 1 is 1.42 bits per heavy atom. The van der Waals surface area contributed by atoms with Gasteiger partial charge in [0.2, 0.25) is 0 Å². The summed E-state index contributed by atoms with van der Waals surface area (Å²) in [5.41, 5.74) is 2.34. The van der Waals surface area contributed by atoms with Gasteiger partial charge in [-0.1, -0.05) is 0 Å². The molecule has 2 rings (SSSR count). The van der Waals surface area contributed by atoms with Crippen molar-refractivity contribution in [3.8, 4) is 0 Å². The van der Waals surface area contributed by atoms with Crippen molar-refractivity contribution in [2.45, 2.75) is 39.8 Å². The summed E-state index contributed by atoms with van der Waals surface area (Å²) in [6.07, 6.45) is 3.54. The molecule has 2 aromatic rings. The van der Waals surface area contributed by atoms with E-state index in [1.807, 2.05) is 18.5 Å². The highest BCUT2D eigenvalue weighted by Gasteiger charge is 2.16. The standard InChI is InChI=1S/C15H20BrN5O3/c1-9-13(16)10(2)20(19-9)6-4-5-17-14(22)12-7-18-21(8-12)11(3)15(23)24/h7-8,11H,4-6H2,1-3H3,(H,17,22)(H,23,24). The molecular formula is C15H20BrN5O3. The summed E-state index contributed by atoms with van der Waals surface area (Å²) in [4.78, 5) is 22.9. The number of hydrogen-bond donors (Lipinski definition) is 2. The van der Waals surface area contributed by atoms with Gasteiger partial charge < -0.3 is 10.4 Å². The first-order valence-corrected chi connectivity index (χ1v) is 8.35. The molecule has 9 heteroatoms. The SMILES string of the molecule is Cc1nn(CCCNC(=O)c2cnn(C(C)C(=O)O)c2)c(C)c1Br. The van der Waals surface area contributed by atoms with Crippen molar-refractivity contribution in [1.29, 1.82) is 0 Å². The lowest BCUT2D eigenvalue weighted by Gasteiger charge is -2.06. The van der Waals surface area contributed by atoms with Gasteiger partial charge in [-0.15, -0.1) is 0 Å². The third-order valence-corrected chi connectivity index (χ3v) is 4.89. The van der Waals surface area contributed by atoms with Gasteiger partial charge in [-0.2, -0.15) is 10.2 Å². The van der Waals surface area contributed by atoms with Crippen LogP contribution in [0.4, 0.5) is 0 Å². The first kappa shape index (κ1) is 18.2. The van der Waals surface area contributed by atoms with Gasteiger partial charge in [0.1, 0.15) is 6.04 Å². The first-order chi connectivity index (χ1) is 11.3. The van der Waals surface area contributed by atoms with E-state index in [0.717, 1.165) is 22.3 Å². The summed E-state index contributed by atoms with van der Waals surface area (Å²) in [6, 6.07) is -0.809. The fourth-order valence-corrected chi connectivity index (χ4v) is 2.49. The van der Waals surface area contributed by atoms with E-state index in [1.165, 1.54) is 24.0 Å². The molecule has 8 nitrogen and oxygen atoms in total. The normalized spacial score (nSPS) is 12.2. The second-order valence-corrected chi connectivity index (χ2v) is 6.33. The zero-order valence-electron chi connectivity index (χ0n) is 13.8. The number of aromatic nitrogens is 4. The number of carboxylic acid groups (broad SMARTS) is 1. The Balaban J connectivity index is 1.83. The van der Waals surface area contributed by atoms with E-state index < -0.39 is 12.0 Å². The predicted molar refractivity (Wildman–Crippen MR) is 90.9 cm³/mol. The molecule has 130 valence electrons. The van der Waals surface area contributed by atoms with E-state index in [2.05, 4.69) is 31.4 Å². The lowest BCUT2D eigenvalue weighted by molar-refractivity contribution is -0.140. The highest BCUT2D eigenvalue weighted by Crippen LogP contribution is 2.19. The van der Waals surface area contributed by atoms with Crippen LogP contribution in [0.3, 0.4) is 0 Å². The van der Waals surface area contributed by atoms with Gasteiger partial charge in [0.15, 0.2) is 0 Å². The van der Waals surface area contributed by atoms with Crippen molar-refractivity contribution in [2.75, 3.05) is 6.54 Å². The van der Waals surface area contributed by atoms with Crippen molar-refractivity contribution in [2.24, 2.45) is 0 Å². The van der Waals surface area contributed by atoms with Crippen molar-refractivity contribution in [3.63, 3.8) is 0 Å². The lowest BCUT2D eigenvalue weighted by atomic mass is 10.3. The minimum atomic E-state index is -0.999. The molecular weight excluding hydrogens is 378 g/mol. The zero-order chi connectivity index (χ0) is 17.9. The van der Waals surface area contributed by atoms with Crippen LogP contribution >= 0.6 is 15.9 Å². The van der Waals surface area contributed by atoms with Gasteiger partial charge in [0, 0.05) is 25.0 Å². The molecule has 2 heterocycles. The molecule has 0 spiro atoms. The third-order valence-electron chi connectivity index (χ3n) is 3.74. The average molecular weight is 398 g/mol. The quantitative estimate of drug-likeness (QED) is 0.694. The van der Waals surface area contributed by atoms with Gasteiger partial charge >= 0.3 is 5.97 Å². The molecule has 2 N–H and O–H groups in total. The van der Waals surface area contributed by atoms with Crippen LogP contribution in [0, 0.1) is 13.8 Å². The van der Waals surface area contributed by atoms with Crippen LogP contribution in [-0.4, -0.2) is 43.1 Å². The van der Waals surface area contributed by atoms with Crippen LogP contribution in [-0.2, 0) is 11.3 Å². The second kappa shape index (κ2) is 7.61. The molecule has 0 bridgehead atoms. The molecule has 1 amide bonds. The van der Waals surface area contributed by atoms with E-state index in [-0.39, 0.29) is 5.91 Å². The Hall–Kier alpha value is -2.16. The summed E-state index contributed by atoms with van der Waals surface area (Å²) >= 11 is 3.48. The molecule has 0 saturated carbocycles. The fraction of sp³-hybridized carbons (Fsp3) is 0.467. The summed E-state index contributed by atoms with van der Waals surface area (Å²) in [6.45, 7) is 6.62. The largest absolute Gasteiger partial charge is 0.480 e. The zero-order valence-corrected chi connectivity index (χ0v) is 15.4. The van der Waals surface area contributed by atoms with Crippen molar-refractivity contribution >= 4 is 27.8 Å². The lowest BCUT2D eigenvalue weighted by Crippen LogP contribution is -2.25. The Kier molecular flexibility index (Phi) is 5.76. The average Bonchev–Trinajstić information content (AvgIpc) is 3.12. The number of aliphatic carboxylic acids is 1. The van der Waals surface area contributed by atoms with Gasteiger partial charge in [-0.05, 0) is 43.1 Å². The first-order valence-electron chi connectivity index (χ1n) is 7.56. The van der Waals surface area contributed by atoms with E-state index in [9.17, 15) is 9.59 Å². The molecule has 0 aliphatic heterocycles. The topological polar surface area (TPSA) is 102 Å². The Bertz CT molecular complexity index is 752. The summed E-state index contributed by atoms with van der Waals surface area (Å²) in [5, 5.41) is 20.1. The van der Waals surface area contributed by atoms with Crippen LogP contribution in [0.15, 0.2) is 16.9 Å². The van der Waals surface area contributed by atoms with Crippen molar-refractivity contribution < 1.29 is 14.7 Å². The van der Waals surface area contributed by atoms with E-state index in [4.69, 9.17) is 5.11 Å². The molecule has 0 saturated heterocycles. The number of nitrogens with zero attached hydrogens (tertiary/aromatic N) is 4. The molecule has 2 aromatic heterocycles. The summed E-state index contributed by atoms with van der Waals surface area (Å²) in [5.74, 6) is -1.27. The number of carbonyl (C=O) groups excluding carboxylic acids is 1. The van der Waals surface area contributed by atoms with Crippen LogP contribution in [0.2, 0.25) is 0 Å². The minimum absolute atomic E-state index is 0.270. The summed E-state index contributed by atoms with van der Waals surface area (Å²) < 4.78 is 4.16. The van der Waals surface area contributed by atoms with Crippen LogP contribution < -0.4 is 5.32 Å². The number of carboxylic acids is 1. The van der Waals surface area contributed by atoms with Crippen LogP contribution in [0.25, 0.3) is 0 Å². The van der Waals surface area contributed by atoms with Gasteiger partial charge in [-0.3, -0.25) is 14.2 Å². The van der Waals surface area contributed by atoms with E-state index in [0.29, 0.717) is 18.7 Å². The van der Waals surface area contributed by atoms with Gasteiger partial charge in [0.25, 0.3) is 5.91 Å². The molecule has 0 aromatic carbocycles. The van der Waals surface area contributed by atoms with Gasteiger partial charge in [-0.25, -0.2) is 4.79 Å². The number of hydrogen-bond acceptors (Lipinski definition) is 4. The second-order valence-electron chi connectivity index (χ2n) is 5.54. The molecule has 0 aliphatic carbocycles. The highest BCUT2D eigenvalue weighted by atomic mass is 79.9.